The molecule has 4 aromatic rings. The fourth-order valence-electron chi connectivity index (χ4n) is 3.46. The molecule has 0 N–H and O–H groups in total. The summed E-state index contributed by atoms with van der Waals surface area (Å²) in [7, 11) is 0. The second-order valence-electron chi connectivity index (χ2n) is 5.97. The molecule has 0 radical (unpaired) electrons. The van der Waals surface area contributed by atoms with Gasteiger partial charge in [0.2, 0.25) is 0 Å². The third-order valence-corrected chi connectivity index (χ3v) is 11.8. The zero-order chi connectivity index (χ0) is 17.2. The summed E-state index contributed by atoms with van der Waals surface area (Å²) >= 11 is 7.88. The Morgan fingerprint density at radius 1 is 0.520 bits per heavy atom. The Balaban J connectivity index is 2.22. The van der Waals surface area contributed by atoms with Crippen molar-refractivity contribution in [2.45, 2.75) is 0 Å². The van der Waals surface area contributed by atoms with Gasteiger partial charge < -0.3 is 0 Å². The van der Waals surface area contributed by atoms with Crippen molar-refractivity contribution in [2.24, 2.45) is 0 Å². The minimum atomic E-state index is -3.46. The molecule has 124 valence electrons. The van der Waals surface area contributed by atoms with Gasteiger partial charge in [-0.2, -0.15) is 0 Å². The molecular weight excluding hydrogens is 347 g/mol. The maximum atomic E-state index is 7.88. The van der Waals surface area contributed by atoms with Crippen molar-refractivity contribution >= 4 is 38.6 Å². The molecule has 0 aliphatic heterocycles. The summed E-state index contributed by atoms with van der Waals surface area (Å²) in [4.78, 5) is 0. The summed E-state index contributed by atoms with van der Waals surface area (Å²) in [5.74, 6) is -3.46. The molecule has 0 saturated carbocycles. The number of rotatable bonds is 4. The van der Waals surface area contributed by atoms with Crippen LogP contribution in [-0.4, -0.2) is 0 Å². The molecule has 0 aliphatic carbocycles. The Morgan fingerprint density at radius 3 is 1.24 bits per heavy atom. The Bertz CT molecular complexity index is 851. The second kappa shape index (κ2) is 6.19. The molecule has 1 nitrogen and oxygen atoms in total. The quantitative estimate of drug-likeness (QED) is 0.483. The van der Waals surface area contributed by atoms with Crippen LogP contribution in [0.2, 0.25) is 0 Å². The summed E-state index contributed by atoms with van der Waals surface area (Å²) in [6.45, 7) is 0. The molecule has 3 aromatic carbocycles. The van der Waals surface area contributed by atoms with Crippen molar-refractivity contribution in [1.82, 2.24) is 0 Å². The standard InChI is InChI=1S/C22H18ClOP/c23-25(22-17-10-18-24-22,19-11-4-1-5-12-19,20-13-6-2-7-14-20)21-15-8-3-9-16-21/h1-18H. The molecule has 25 heavy (non-hydrogen) atoms. The number of furan rings is 1. The van der Waals surface area contributed by atoms with Crippen LogP contribution in [0.15, 0.2) is 114 Å². The van der Waals surface area contributed by atoms with Gasteiger partial charge in [-0.3, -0.25) is 0 Å². The predicted octanol–water partition coefficient (Wildman–Crippen LogP) is 4.59. The van der Waals surface area contributed by atoms with Crippen molar-refractivity contribution in [3.05, 3.63) is 109 Å². The van der Waals surface area contributed by atoms with Gasteiger partial charge in [0.15, 0.2) is 0 Å². The number of halogens is 1. The summed E-state index contributed by atoms with van der Waals surface area (Å²) in [6.07, 6.45) is 1.70. The van der Waals surface area contributed by atoms with E-state index in [0.717, 1.165) is 21.4 Å². The molecule has 3 heteroatoms. The fourth-order valence-corrected chi connectivity index (χ4v) is 9.24. The molecule has 0 atom stereocenters. The van der Waals surface area contributed by atoms with E-state index in [9.17, 15) is 0 Å². The van der Waals surface area contributed by atoms with E-state index in [-0.39, 0.29) is 0 Å². The third-order valence-electron chi connectivity index (χ3n) is 4.64. The van der Waals surface area contributed by atoms with Gasteiger partial charge in [-0.05, 0) is 0 Å². The molecule has 0 unspecified atom stereocenters. The van der Waals surface area contributed by atoms with Crippen LogP contribution in [0, 0.1) is 0 Å². The number of hydrogen-bond acceptors (Lipinski definition) is 1. The first-order valence-electron chi connectivity index (χ1n) is 8.19. The van der Waals surface area contributed by atoms with Crippen LogP contribution in [-0.2, 0) is 0 Å². The monoisotopic (exact) mass is 364 g/mol. The van der Waals surface area contributed by atoms with Gasteiger partial charge >= 0.3 is 152 Å². The molecule has 0 fully saturated rings. The molecule has 0 spiro atoms. The van der Waals surface area contributed by atoms with Crippen LogP contribution in [0.3, 0.4) is 0 Å². The molecule has 1 heterocycles. The van der Waals surface area contributed by atoms with Crippen molar-refractivity contribution in [1.29, 1.82) is 0 Å². The van der Waals surface area contributed by atoms with Gasteiger partial charge in [0.05, 0.1) is 0 Å². The Labute approximate surface area is 152 Å². The molecule has 4 rings (SSSR count). The van der Waals surface area contributed by atoms with Gasteiger partial charge in [-0.1, -0.05) is 0 Å². The Kier molecular flexibility index (Phi) is 4.00. The van der Waals surface area contributed by atoms with E-state index in [4.69, 9.17) is 15.7 Å². The first-order chi connectivity index (χ1) is 12.2. The normalized spacial score (nSPS) is 13.1. The third kappa shape index (κ3) is 2.28. The van der Waals surface area contributed by atoms with Crippen LogP contribution in [0.25, 0.3) is 0 Å². The van der Waals surface area contributed by atoms with Crippen LogP contribution in [0.5, 0.6) is 0 Å². The molecular formula is C22H18ClOP. The maximum absolute atomic E-state index is 7.88. The molecule has 0 amide bonds. The van der Waals surface area contributed by atoms with Crippen LogP contribution in [0.1, 0.15) is 0 Å². The molecule has 0 bridgehead atoms. The summed E-state index contributed by atoms with van der Waals surface area (Å²) in [5.41, 5.74) is 0.802. The molecule has 0 aliphatic rings. The summed E-state index contributed by atoms with van der Waals surface area (Å²) < 4.78 is 5.99. The van der Waals surface area contributed by atoms with Gasteiger partial charge in [0, 0.05) is 0 Å². The number of hydrogen-bond donors (Lipinski definition) is 0. The average Bonchev–Trinajstić information content (AvgIpc) is 3.25. The van der Waals surface area contributed by atoms with Gasteiger partial charge in [0.25, 0.3) is 0 Å². The first-order valence-corrected chi connectivity index (χ1v) is 11.3. The fraction of sp³-hybridized carbons (Fsp3) is 0. The SMILES string of the molecule is ClP(c1ccccc1)(c1ccccc1)(c1ccccc1)c1ccco1. The Morgan fingerprint density at radius 2 is 0.920 bits per heavy atom. The zero-order valence-electron chi connectivity index (χ0n) is 13.6. The van der Waals surface area contributed by atoms with E-state index in [1.54, 1.807) is 6.26 Å². The van der Waals surface area contributed by atoms with Crippen molar-refractivity contribution in [2.75, 3.05) is 0 Å². The van der Waals surface area contributed by atoms with E-state index in [1.165, 1.54) is 0 Å². The second-order valence-corrected chi connectivity index (χ2v) is 12.0. The summed E-state index contributed by atoms with van der Waals surface area (Å²) in [6, 6.07) is 34.8. The summed E-state index contributed by atoms with van der Waals surface area (Å²) in [5, 5.41) is 3.22. The van der Waals surface area contributed by atoms with Gasteiger partial charge in [-0.25, -0.2) is 0 Å². The molecule has 1 aromatic heterocycles. The zero-order valence-corrected chi connectivity index (χ0v) is 15.3. The first kappa shape index (κ1) is 16.1. The topological polar surface area (TPSA) is 13.1 Å². The average molecular weight is 365 g/mol. The minimum absolute atomic E-state index is 0.802. The van der Waals surface area contributed by atoms with Gasteiger partial charge in [0.1, 0.15) is 0 Å². The predicted molar refractivity (Wildman–Crippen MR) is 109 cm³/mol. The van der Waals surface area contributed by atoms with E-state index in [0.29, 0.717) is 0 Å². The van der Waals surface area contributed by atoms with Crippen molar-refractivity contribution in [3.63, 3.8) is 0 Å². The van der Waals surface area contributed by atoms with E-state index in [1.807, 2.05) is 66.7 Å². The Hall–Kier alpha value is -2.34. The van der Waals surface area contributed by atoms with Crippen molar-refractivity contribution in [3.8, 4) is 0 Å². The van der Waals surface area contributed by atoms with Crippen LogP contribution < -0.4 is 21.4 Å². The van der Waals surface area contributed by atoms with Crippen LogP contribution in [0.4, 0.5) is 0 Å². The van der Waals surface area contributed by atoms with Crippen LogP contribution >= 0.6 is 17.2 Å². The van der Waals surface area contributed by atoms with Gasteiger partial charge in [-0.15, -0.1) is 0 Å². The molecule has 0 saturated heterocycles. The van der Waals surface area contributed by atoms with Crippen molar-refractivity contribution < 1.29 is 4.42 Å². The van der Waals surface area contributed by atoms with E-state index >= 15 is 0 Å². The van der Waals surface area contributed by atoms with E-state index in [2.05, 4.69) is 36.4 Å². The number of benzene rings is 3. The van der Waals surface area contributed by atoms with E-state index < -0.39 is 5.96 Å².